The lowest BCUT2D eigenvalue weighted by atomic mass is 10.1. The number of rotatable bonds is 3. The fraction of sp³-hybridized carbons (Fsp3) is 0.250. The van der Waals surface area contributed by atoms with Crippen molar-refractivity contribution in [1.82, 2.24) is 0 Å². The number of thiol groups is 1. The fourth-order valence-corrected chi connectivity index (χ4v) is 1.69. The second-order valence-electron chi connectivity index (χ2n) is 2.34. The number of hydrogen-bond acceptors (Lipinski definition) is 2. The summed E-state index contributed by atoms with van der Waals surface area (Å²) in [5, 5.41) is 1.66. The molecule has 0 heterocycles. The van der Waals surface area contributed by atoms with E-state index < -0.39 is 0 Å². The number of benzene rings is 1. The van der Waals surface area contributed by atoms with Gasteiger partial charge in [-0.3, -0.25) is 0 Å². The van der Waals surface area contributed by atoms with Gasteiger partial charge in [0, 0.05) is 23.6 Å². The Morgan fingerprint density at radius 3 is 1.92 bits per heavy atom. The van der Waals surface area contributed by atoms with Gasteiger partial charge in [-0.1, -0.05) is 37.9 Å². The smallest absolute Gasteiger partial charge is 0.137 e. The van der Waals surface area contributed by atoms with E-state index in [0.717, 1.165) is 16.4 Å². The quantitative estimate of drug-likeness (QED) is 0.509. The minimum atomic E-state index is 0.782. The molecule has 0 aromatic heterocycles. The third kappa shape index (κ3) is 2.68. The predicted molar refractivity (Wildman–Crippen MR) is 61.3 cm³/mol. The van der Waals surface area contributed by atoms with E-state index in [2.05, 4.69) is 50.8 Å². The molecule has 0 unspecified atom stereocenters. The van der Waals surface area contributed by atoms with Crippen molar-refractivity contribution >= 4 is 44.8 Å². The summed E-state index contributed by atoms with van der Waals surface area (Å²) in [6, 6.07) is 6.02. The van der Waals surface area contributed by atoms with E-state index in [1.54, 1.807) is 0 Å². The van der Waals surface area contributed by atoms with Crippen LogP contribution < -0.4 is 4.18 Å². The molecular formula is C8H8Br2OS. The molecule has 0 fully saturated rings. The van der Waals surface area contributed by atoms with Gasteiger partial charge in [0.15, 0.2) is 0 Å². The van der Waals surface area contributed by atoms with E-state index in [9.17, 15) is 0 Å². The Hall–Kier alpha value is 0.330. The summed E-state index contributed by atoms with van der Waals surface area (Å²) < 4.78 is 4.85. The fourth-order valence-electron chi connectivity index (χ4n) is 0.936. The van der Waals surface area contributed by atoms with Gasteiger partial charge in [0.05, 0.1) is 0 Å². The predicted octanol–water partition coefficient (Wildman–Crippen LogP) is 3.70. The molecule has 0 saturated carbocycles. The molecule has 0 aliphatic heterocycles. The molecule has 0 N–H and O–H groups in total. The second kappa shape index (κ2) is 5.14. The molecule has 0 amide bonds. The summed E-state index contributed by atoms with van der Waals surface area (Å²) in [4.78, 5) is 0. The minimum absolute atomic E-state index is 0.782. The molecule has 0 aliphatic rings. The summed E-state index contributed by atoms with van der Waals surface area (Å²) in [6.45, 7) is 0. The molecule has 0 spiro atoms. The summed E-state index contributed by atoms with van der Waals surface area (Å²) >= 11 is 10.5. The maximum Gasteiger partial charge on any atom is 0.137 e. The first-order valence-corrected chi connectivity index (χ1v) is 5.97. The van der Waals surface area contributed by atoms with Crippen molar-refractivity contribution in [3.8, 4) is 5.75 Å². The van der Waals surface area contributed by atoms with Crippen LogP contribution in [0.5, 0.6) is 5.75 Å². The number of hydrogen-bond donors (Lipinski definition) is 1. The van der Waals surface area contributed by atoms with Crippen LogP contribution in [0.3, 0.4) is 0 Å². The summed E-state index contributed by atoms with van der Waals surface area (Å²) in [5.41, 5.74) is 2.38. The highest BCUT2D eigenvalue weighted by atomic mass is 79.9. The third-order valence-electron chi connectivity index (χ3n) is 1.44. The Morgan fingerprint density at radius 1 is 1.08 bits per heavy atom. The van der Waals surface area contributed by atoms with Gasteiger partial charge in [-0.25, -0.2) is 0 Å². The molecule has 1 nitrogen and oxygen atoms in total. The normalized spacial score (nSPS) is 9.92. The first-order valence-electron chi connectivity index (χ1n) is 3.36. The Kier molecular flexibility index (Phi) is 4.46. The Labute approximate surface area is 94.4 Å². The van der Waals surface area contributed by atoms with Crippen LogP contribution in [-0.2, 0) is 10.7 Å². The molecule has 0 radical (unpaired) electrons. The summed E-state index contributed by atoms with van der Waals surface area (Å²) in [6.07, 6.45) is 0. The SMILES string of the molecule is SOc1cc(CBr)cc(CBr)c1. The lowest BCUT2D eigenvalue weighted by molar-refractivity contribution is 0.657. The van der Waals surface area contributed by atoms with Crippen molar-refractivity contribution < 1.29 is 4.18 Å². The van der Waals surface area contributed by atoms with Crippen LogP contribution in [0.15, 0.2) is 18.2 Å². The molecule has 66 valence electrons. The van der Waals surface area contributed by atoms with E-state index in [-0.39, 0.29) is 0 Å². The first kappa shape index (κ1) is 10.4. The number of alkyl halides is 2. The zero-order chi connectivity index (χ0) is 8.97. The van der Waals surface area contributed by atoms with Crippen molar-refractivity contribution in [2.45, 2.75) is 10.7 Å². The third-order valence-corrected chi connectivity index (χ3v) is 2.95. The monoisotopic (exact) mass is 310 g/mol. The van der Waals surface area contributed by atoms with Crippen LogP contribution in [0.4, 0.5) is 0 Å². The van der Waals surface area contributed by atoms with Crippen molar-refractivity contribution in [2.24, 2.45) is 0 Å². The van der Waals surface area contributed by atoms with Crippen molar-refractivity contribution in [1.29, 1.82) is 0 Å². The number of halogens is 2. The molecule has 0 saturated heterocycles. The highest BCUT2D eigenvalue weighted by molar-refractivity contribution is 9.08. The minimum Gasteiger partial charge on any atom is -0.429 e. The lowest BCUT2D eigenvalue weighted by Gasteiger charge is -2.03. The van der Waals surface area contributed by atoms with Gasteiger partial charge in [-0.05, 0) is 23.3 Å². The van der Waals surface area contributed by atoms with Crippen molar-refractivity contribution in [2.75, 3.05) is 0 Å². The summed E-state index contributed by atoms with van der Waals surface area (Å²) in [7, 11) is 0. The molecule has 12 heavy (non-hydrogen) atoms. The van der Waals surface area contributed by atoms with Crippen LogP contribution in [0.2, 0.25) is 0 Å². The van der Waals surface area contributed by atoms with E-state index in [1.807, 2.05) is 12.1 Å². The Morgan fingerprint density at radius 2 is 1.58 bits per heavy atom. The second-order valence-corrected chi connectivity index (χ2v) is 3.65. The molecule has 0 bridgehead atoms. The van der Waals surface area contributed by atoms with Gasteiger partial charge in [0.2, 0.25) is 0 Å². The van der Waals surface area contributed by atoms with Crippen molar-refractivity contribution in [3.05, 3.63) is 29.3 Å². The topological polar surface area (TPSA) is 9.23 Å². The van der Waals surface area contributed by atoms with Crippen LogP contribution in [-0.4, -0.2) is 0 Å². The average molecular weight is 312 g/mol. The van der Waals surface area contributed by atoms with Gasteiger partial charge in [0.25, 0.3) is 0 Å². The van der Waals surface area contributed by atoms with Crippen LogP contribution in [0.25, 0.3) is 0 Å². The zero-order valence-corrected chi connectivity index (χ0v) is 10.3. The highest BCUT2D eigenvalue weighted by Gasteiger charge is 1.99. The van der Waals surface area contributed by atoms with Crippen LogP contribution in [0, 0.1) is 0 Å². The first-order chi connectivity index (χ1) is 5.80. The zero-order valence-electron chi connectivity index (χ0n) is 6.26. The van der Waals surface area contributed by atoms with Crippen LogP contribution in [0.1, 0.15) is 11.1 Å². The van der Waals surface area contributed by atoms with E-state index >= 15 is 0 Å². The van der Waals surface area contributed by atoms with Gasteiger partial charge in [-0.15, -0.1) is 0 Å². The van der Waals surface area contributed by atoms with E-state index in [1.165, 1.54) is 11.1 Å². The van der Waals surface area contributed by atoms with Gasteiger partial charge >= 0.3 is 0 Å². The summed E-state index contributed by atoms with van der Waals surface area (Å²) in [5.74, 6) is 0.782. The van der Waals surface area contributed by atoms with E-state index in [4.69, 9.17) is 4.18 Å². The molecule has 0 aliphatic carbocycles. The Bertz CT molecular complexity index is 210. The average Bonchev–Trinajstić information content (AvgIpc) is 2.16. The lowest BCUT2D eigenvalue weighted by Crippen LogP contribution is -1.85. The van der Waals surface area contributed by atoms with E-state index in [0.29, 0.717) is 0 Å². The molecule has 1 rings (SSSR count). The Balaban J connectivity index is 3.01. The van der Waals surface area contributed by atoms with Gasteiger partial charge < -0.3 is 4.18 Å². The maximum absolute atomic E-state index is 4.85. The molecule has 1 aromatic rings. The molecule has 4 heteroatoms. The molecule has 0 atom stereocenters. The standard InChI is InChI=1S/C8H8Br2OS/c9-4-6-1-7(5-10)3-8(2-6)11-12/h1-3,12H,4-5H2. The largest absolute Gasteiger partial charge is 0.429 e. The van der Waals surface area contributed by atoms with Gasteiger partial charge in [0.1, 0.15) is 5.75 Å². The molecule has 1 aromatic carbocycles. The maximum atomic E-state index is 4.85. The van der Waals surface area contributed by atoms with Gasteiger partial charge in [-0.2, -0.15) is 0 Å². The highest BCUT2D eigenvalue weighted by Crippen LogP contribution is 2.21. The molecular weight excluding hydrogens is 304 g/mol. The van der Waals surface area contributed by atoms with Crippen molar-refractivity contribution in [3.63, 3.8) is 0 Å². The van der Waals surface area contributed by atoms with Crippen LogP contribution >= 0.6 is 44.8 Å².